The van der Waals surface area contributed by atoms with Gasteiger partial charge in [0.15, 0.2) is 5.82 Å². The van der Waals surface area contributed by atoms with Crippen LogP contribution < -0.4 is 10.6 Å². The van der Waals surface area contributed by atoms with Gasteiger partial charge in [-0.15, -0.1) is 5.10 Å². The topological polar surface area (TPSA) is 79.2 Å². The molecule has 0 aliphatic carbocycles. The van der Waals surface area contributed by atoms with Crippen LogP contribution in [0.4, 0.5) is 10.6 Å². The van der Waals surface area contributed by atoms with Crippen molar-refractivity contribution in [2.75, 3.05) is 11.9 Å². The summed E-state index contributed by atoms with van der Waals surface area (Å²) in [6.45, 7) is 1.76. The van der Waals surface area contributed by atoms with Crippen molar-refractivity contribution in [3.63, 3.8) is 0 Å². The summed E-state index contributed by atoms with van der Waals surface area (Å²) in [7, 11) is 0. The molecular weight excluding hydrogens is 327 g/mol. The Labute approximate surface area is 138 Å². The fraction of sp³-hybridized carbons (Fsp3) is 0.286. The predicted molar refractivity (Wildman–Crippen MR) is 86.9 cm³/mol. The third-order valence-electron chi connectivity index (χ3n) is 3.04. The number of hydrogen-bond donors (Lipinski definition) is 3. The number of nitrogens with one attached hydrogen (secondary N) is 2. The lowest BCUT2D eigenvalue weighted by molar-refractivity contribution is 0.222. The monoisotopic (exact) mass is 342 g/mol. The van der Waals surface area contributed by atoms with Crippen molar-refractivity contribution in [2.24, 2.45) is 0 Å². The van der Waals surface area contributed by atoms with Gasteiger partial charge in [-0.05, 0) is 24.6 Å². The van der Waals surface area contributed by atoms with E-state index in [9.17, 15) is 4.79 Å². The molecule has 2 rings (SSSR count). The van der Waals surface area contributed by atoms with Crippen LogP contribution in [0.2, 0.25) is 10.0 Å². The minimum absolute atomic E-state index is 0.112. The van der Waals surface area contributed by atoms with Gasteiger partial charge in [-0.1, -0.05) is 30.1 Å². The number of amides is 2. The quantitative estimate of drug-likeness (QED) is 0.781. The molecule has 118 valence electrons. The number of rotatable bonds is 5. The molecular formula is C14H16Cl2N4O2. The summed E-state index contributed by atoms with van der Waals surface area (Å²) < 4.78 is 1.54. The predicted octanol–water partition coefficient (Wildman–Crippen LogP) is 3.07. The van der Waals surface area contributed by atoms with Gasteiger partial charge in [0, 0.05) is 17.3 Å². The van der Waals surface area contributed by atoms with Crippen LogP contribution >= 0.6 is 23.2 Å². The second-order valence-corrected chi connectivity index (χ2v) is 5.47. The molecule has 6 nitrogen and oxygen atoms in total. The third-order valence-corrected chi connectivity index (χ3v) is 3.57. The molecule has 22 heavy (non-hydrogen) atoms. The van der Waals surface area contributed by atoms with Gasteiger partial charge in [0.2, 0.25) is 0 Å². The molecule has 8 heteroatoms. The Kier molecular flexibility index (Phi) is 5.65. The van der Waals surface area contributed by atoms with Crippen molar-refractivity contribution >= 4 is 35.1 Å². The number of anilines is 1. The van der Waals surface area contributed by atoms with Crippen molar-refractivity contribution in [3.05, 3.63) is 40.5 Å². The Morgan fingerprint density at radius 3 is 2.82 bits per heavy atom. The number of urea groups is 1. The minimum Gasteiger partial charge on any atom is -0.394 e. The SMILES string of the molecule is CCC(CO)NC(=O)Nc1ccn(-c2ccc(Cl)cc2Cl)n1. The average molecular weight is 343 g/mol. The highest BCUT2D eigenvalue weighted by Crippen LogP contribution is 2.24. The number of carbonyl (C=O) groups is 1. The van der Waals surface area contributed by atoms with Crippen LogP contribution in [0.25, 0.3) is 5.69 Å². The van der Waals surface area contributed by atoms with Gasteiger partial charge in [-0.25, -0.2) is 9.48 Å². The zero-order valence-electron chi connectivity index (χ0n) is 11.9. The molecule has 0 radical (unpaired) electrons. The van der Waals surface area contributed by atoms with Gasteiger partial charge >= 0.3 is 6.03 Å². The van der Waals surface area contributed by atoms with E-state index in [0.29, 0.717) is 28.0 Å². The molecule has 0 bridgehead atoms. The Balaban J connectivity index is 2.07. The number of aliphatic hydroxyl groups excluding tert-OH is 1. The largest absolute Gasteiger partial charge is 0.394 e. The number of aromatic nitrogens is 2. The molecule has 0 fully saturated rings. The highest BCUT2D eigenvalue weighted by Gasteiger charge is 2.11. The fourth-order valence-corrected chi connectivity index (χ4v) is 2.30. The second-order valence-electron chi connectivity index (χ2n) is 4.63. The number of benzene rings is 1. The molecule has 0 saturated carbocycles. The molecule has 2 aromatic rings. The molecule has 1 atom stereocenters. The first kappa shape index (κ1) is 16.6. The van der Waals surface area contributed by atoms with E-state index in [4.69, 9.17) is 28.3 Å². The Morgan fingerprint density at radius 1 is 1.41 bits per heavy atom. The summed E-state index contributed by atoms with van der Waals surface area (Å²) >= 11 is 12.0. The molecule has 0 aliphatic heterocycles. The molecule has 0 spiro atoms. The van der Waals surface area contributed by atoms with Crippen LogP contribution in [0.15, 0.2) is 30.5 Å². The average Bonchev–Trinajstić information content (AvgIpc) is 2.92. The van der Waals surface area contributed by atoms with Gasteiger partial charge in [0.1, 0.15) is 0 Å². The Hall–Kier alpha value is -1.76. The smallest absolute Gasteiger partial charge is 0.320 e. The molecule has 0 aliphatic rings. The zero-order chi connectivity index (χ0) is 16.1. The molecule has 1 heterocycles. The van der Waals surface area contributed by atoms with Gasteiger partial charge in [0.05, 0.1) is 23.4 Å². The van der Waals surface area contributed by atoms with E-state index in [0.717, 1.165) is 0 Å². The Bertz CT molecular complexity index is 656. The van der Waals surface area contributed by atoms with Gasteiger partial charge < -0.3 is 10.4 Å². The number of nitrogens with zero attached hydrogens (tertiary/aromatic N) is 2. The van der Waals surface area contributed by atoms with E-state index < -0.39 is 6.03 Å². The fourth-order valence-electron chi connectivity index (χ4n) is 1.81. The summed E-state index contributed by atoms with van der Waals surface area (Å²) in [6, 6.07) is 6.00. The van der Waals surface area contributed by atoms with Crippen molar-refractivity contribution in [3.8, 4) is 5.69 Å². The zero-order valence-corrected chi connectivity index (χ0v) is 13.4. The van der Waals surface area contributed by atoms with E-state index in [1.54, 1.807) is 30.5 Å². The highest BCUT2D eigenvalue weighted by molar-refractivity contribution is 6.35. The van der Waals surface area contributed by atoms with Crippen molar-refractivity contribution in [1.82, 2.24) is 15.1 Å². The van der Waals surface area contributed by atoms with E-state index in [1.807, 2.05) is 6.92 Å². The Morgan fingerprint density at radius 2 is 2.18 bits per heavy atom. The summed E-state index contributed by atoms with van der Waals surface area (Å²) in [5.41, 5.74) is 0.654. The molecule has 1 aromatic carbocycles. The van der Waals surface area contributed by atoms with Gasteiger partial charge in [-0.3, -0.25) is 5.32 Å². The molecule has 0 saturated heterocycles. The summed E-state index contributed by atoms with van der Waals surface area (Å²) in [5, 5.41) is 19.5. The number of hydrogen-bond acceptors (Lipinski definition) is 3. The van der Waals surface area contributed by atoms with Crippen molar-refractivity contribution in [2.45, 2.75) is 19.4 Å². The number of aliphatic hydroxyl groups is 1. The molecule has 1 aromatic heterocycles. The van der Waals surface area contributed by atoms with E-state index in [1.165, 1.54) is 4.68 Å². The highest BCUT2D eigenvalue weighted by atomic mass is 35.5. The molecule has 1 unspecified atom stereocenters. The maximum atomic E-state index is 11.8. The first-order valence-corrected chi connectivity index (χ1v) is 7.48. The lowest BCUT2D eigenvalue weighted by Gasteiger charge is -2.13. The normalized spacial score (nSPS) is 12.0. The van der Waals surface area contributed by atoms with E-state index in [2.05, 4.69) is 15.7 Å². The van der Waals surface area contributed by atoms with Crippen LogP contribution in [-0.2, 0) is 0 Å². The lowest BCUT2D eigenvalue weighted by atomic mass is 10.2. The van der Waals surface area contributed by atoms with Crippen LogP contribution in [-0.4, -0.2) is 33.6 Å². The summed E-state index contributed by atoms with van der Waals surface area (Å²) in [5.74, 6) is 0.372. The lowest BCUT2D eigenvalue weighted by Crippen LogP contribution is -2.39. The van der Waals surface area contributed by atoms with Crippen molar-refractivity contribution in [1.29, 1.82) is 0 Å². The van der Waals surface area contributed by atoms with Crippen molar-refractivity contribution < 1.29 is 9.90 Å². The molecule has 3 N–H and O–H groups in total. The minimum atomic E-state index is -0.423. The maximum absolute atomic E-state index is 11.8. The van der Waals surface area contributed by atoms with E-state index in [-0.39, 0.29) is 12.6 Å². The van der Waals surface area contributed by atoms with E-state index >= 15 is 0 Å². The third kappa shape index (κ3) is 4.13. The van der Waals surface area contributed by atoms with Crippen LogP contribution in [0.1, 0.15) is 13.3 Å². The first-order chi connectivity index (χ1) is 10.5. The first-order valence-electron chi connectivity index (χ1n) is 6.73. The summed E-state index contributed by atoms with van der Waals surface area (Å²) in [4.78, 5) is 11.8. The van der Waals surface area contributed by atoms with Gasteiger partial charge in [-0.2, -0.15) is 0 Å². The van der Waals surface area contributed by atoms with Gasteiger partial charge in [0.25, 0.3) is 0 Å². The standard InChI is InChI=1S/C14H16Cl2N4O2/c1-2-10(8-21)17-14(22)18-13-5-6-20(19-13)12-4-3-9(15)7-11(12)16/h3-7,10,21H,2,8H2,1H3,(H2,17,18,19,22). The van der Waals surface area contributed by atoms with Crippen LogP contribution in [0.5, 0.6) is 0 Å². The molecule has 2 amide bonds. The maximum Gasteiger partial charge on any atom is 0.320 e. The summed E-state index contributed by atoms with van der Waals surface area (Å²) in [6.07, 6.45) is 2.31. The second kappa shape index (κ2) is 7.49. The van der Waals surface area contributed by atoms with Crippen LogP contribution in [0, 0.1) is 0 Å². The van der Waals surface area contributed by atoms with Crippen LogP contribution in [0.3, 0.4) is 0 Å². The number of halogens is 2. The number of carbonyl (C=O) groups excluding carboxylic acids is 1.